The zero-order valence-electron chi connectivity index (χ0n) is 14.7. The molecule has 0 aromatic heterocycles. The van der Waals surface area contributed by atoms with Gasteiger partial charge in [0.25, 0.3) is 0 Å². The van der Waals surface area contributed by atoms with Crippen LogP contribution in [0.15, 0.2) is 24.3 Å². The molecule has 1 heterocycles. The minimum absolute atomic E-state index is 0.0594. The first-order chi connectivity index (χ1) is 12.0. The Morgan fingerprint density at radius 3 is 2.84 bits per heavy atom. The third-order valence-corrected chi connectivity index (χ3v) is 5.16. The van der Waals surface area contributed by atoms with Crippen molar-refractivity contribution in [3.05, 3.63) is 34.9 Å². The fourth-order valence-corrected chi connectivity index (χ4v) is 3.65. The van der Waals surface area contributed by atoms with Crippen LogP contribution in [0.2, 0.25) is 5.02 Å². The first-order valence-corrected chi connectivity index (χ1v) is 9.99. The average Bonchev–Trinajstić information content (AvgIpc) is 2.57. The lowest BCUT2D eigenvalue weighted by molar-refractivity contribution is -0.147. The lowest BCUT2D eigenvalue weighted by Crippen LogP contribution is -2.17. The van der Waals surface area contributed by atoms with E-state index in [9.17, 15) is 9.90 Å². The van der Waals surface area contributed by atoms with E-state index in [1.54, 1.807) is 30.0 Å². The molecule has 0 amide bonds. The molecule has 6 heteroatoms. The monoisotopic (exact) mass is 384 g/mol. The van der Waals surface area contributed by atoms with Crippen molar-refractivity contribution < 1.29 is 19.4 Å². The Morgan fingerprint density at radius 2 is 2.08 bits per heavy atom. The highest BCUT2D eigenvalue weighted by Crippen LogP contribution is 2.39. The Hall–Kier alpha value is -1.17. The summed E-state index contributed by atoms with van der Waals surface area (Å²) in [6, 6.07) is 5.41. The Labute approximate surface area is 158 Å². The lowest BCUT2D eigenvalue weighted by Gasteiger charge is -2.22. The number of esters is 1. The second-order valence-electron chi connectivity index (χ2n) is 6.26. The van der Waals surface area contributed by atoms with E-state index < -0.39 is 6.29 Å². The summed E-state index contributed by atoms with van der Waals surface area (Å²) in [7, 11) is 0. The van der Waals surface area contributed by atoms with Gasteiger partial charge in [-0.3, -0.25) is 4.79 Å². The zero-order valence-corrected chi connectivity index (χ0v) is 16.2. The molecule has 1 N–H and O–H groups in total. The van der Waals surface area contributed by atoms with Gasteiger partial charge in [-0.2, -0.15) is 0 Å². The van der Waals surface area contributed by atoms with Crippen molar-refractivity contribution in [1.82, 2.24) is 0 Å². The maximum Gasteiger partial charge on any atom is 0.308 e. The molecule has 0 saturated heterocycles. The number of carbonyl (C=O) groups excluding carboxylic acids is 1. The molecule has 25 heavy (non-hydrogen) atoms. The van der Waals surface area contributed by atoms with Crippen molar-refractivity contribution in [2.45, 2.75) is 45.8 Å². The van der Waals surface area contributed by atoms with Crippen molar-refractivity contribution in [2.75, 3.05) is 12.4 Å². The number of aliphatic hydroxyl groups is 1. The van der Waals surface area contributed by atoms with Crippen molar-refractivity contribution in [3.63, 3.8) is 0 Å². The van der Waals surface area contributed by atoms with Gasteiger partial charge in [-0.25, -0.2) is 0 Å². The number of benzene rings is 1. The van der Waals surface area contributed by atoms with Gasteiger partial charge in [0.1, 0.15) is 5.75 Å². The van der Waals surface area contributed by atoms with Crippen molar-refractivity contribution >= 4 is 34.2 Å². The summed E-state index contributed by atoms with van der Waals surface area (Å²) >= 11 is 7.76. The van der Waals surface area contributed by atoms with Gasteiger partial charge in [-0.1, -0.05) is 38.3 Å². The molecule has 1 atom stereocenters. The van der Waals surface area contributed by atoms with E-state index in [4.69, 9.17) is 21.1 Å². The average molecular weight is 385 g/mol. The topological polar surface area (TPSA) is 55.8 Å². The molecule has 0 bridgehead atoms. The number of aliphatic hydroxyl groups excluding tert-OH is 1. The van der Waals surface area contributed by atoms with Crippen LogP contribution in [-0.2, 0) is 9.53 Å². The minimum atomic E-state index is -0.910. The largest absolute Gasteiger partial charge is 0.465 e. The Morgan fingerprint density at radius 1 is 1.32 bits per heavy atom. The number of ether oxygens (including phenoxy) is 2. The number of carbonyl (C=O) groups is 1. The van der Waals surface area contributed by atoms with Crippen LogP contribution in [0.4, 0.5) is 0 Å². The summed E-state index contributed by atoms with van der Waals surface area (Å²) in [6.07, 6.45) is 4.89. The smallest absolute Gasteiger partial charge is 0.308 e. The van der Waals surface area contributed by atoms with Crippen LogP contribution >= 0.6 is 23.4 Å². The van der Waals surface area contributed by atoms with Gasteiger partial charge in [0.05, 0.1) is 12.5 Å². The number of hydrogen-bond acceptors (Lipinski definition) is 5. The summed E-state index contributed by atoms with van der Waals surface area (Å²) < 4.78 is 10.6. The number of fused-ring (bicyclic) bond motifs is 1. The molecule has 1 aliphatic rings. The van der Waals surface area contributed by atoms with Gasteiger partial charge in [-0.05, 0) is 42.9 Å². The predicted octanol–water partition coefficient (Wildman–Crippen LogP) is 4.88. The van der Waals surface area contributed by atoms with E-state index in [1.807, 2.05) is 19.9 Å². The third kappa shape index (κ3) is 6.57. The van der Waals surface area contributed by atoms with E-state index in [0.29, 0.717) is 17.4 Å². The van der Waals surface area contributed by atoms with E-state index in [0.717, 1.165) is 41.9 Å². The number of rotatable bonds is 9. The minimum Gasteiger partial charge on any atom is -0.465 e. The predicted molar refractivity (Wildman–Crippen MR) is 103 cm³/mol. The fraction of sp³-hybridized carbons (Fsp3) is 0.526. The Bertz CT molecular complexity index is 615. The molecule has 0 saturated carbocycles. The molecule has 138 valence electrons. The lowest BCUT2D eigenvalue weighted by atomic mass is 10.1. The number of hydrogen-bond donors (Lipinski definition) is 1. The van der Waals surface area contributed by atoms with Gasteiger partial charge in [-0.15, -0.1) is 11.8 Å². The first kappa shape index (κ1) is 20.1. The second kappa shape index (κ2) is 10.1. The normalized spacial score (nSPS) is 16.2. The van der Waals surface area contributed by atoms with Crippen LogP contribution in [0, 0.1) is 5.92 Å². The van der Waals surface area contributed by atoms with E-state index in [-0.39, 0.29) is 11.9 Å². The molecule has 0 fully saturated rings. The van der Waals surface area contributed by atoms with Crippen molar-refractivity contribution in [2.24, 2.45) is 5.92 Å². The molecule has 4 nitrogen and oxygen atoms in total. The Kier molecular flexibility index (Phi) is 8.13. The zero-order chi connectivity index (χ0) is 18.2. The van der Waals surface area contributed by atoms with Gasteiger partial charge in [0.2, 0.25) is 6.29 Å². The van der Waals surface area contributed by atoms with Gasteiger partial charge < -0.3 is 14.6 Å². The van der Waals surface area contributed by atoms with Crippen LogP contribution in [0.25, 0.3) is 4.91 Å². The highest BCUT2D eigenvalue weighted by atomic mass is 35.5. The molecule has 0 aliphatic carbocycles. The number of thioether (sulfide) groups is 1. The SMILES string of the molecule is CC(C)C(=O)OCCCCCCSC1=CC(O)Oc2ccc(Cl)cc21. The van der Waals surface area contributed by atoms with E-state index >= 15 is 0 Å². The molecular formula is C19H25ClO4S. The summed E-state index contributed by atoms with van der Waals surface area (Å²) in [5, 5.41) is 10.4. The van der Waals surface area contributed by atoms with Gasteiger partial charge in [0.15, 0.2) is 0 Å². The van der Waals surface area contributed by atoms with Crippen LogP contribution in [0.5, 0.6) is 5.75 Å². The molecule has 0 radical (unpaired) electrons. The quantitative estimate of drug-likeness (QED) is 0.485. The highest BCUT2D eigenvalue weighted by molar-refractivity contribution is 8.08. The summed E-state index contributed by atoms with van der Waals surface area (Å²) in [6.45, 7) is 4.18. The van der Waals surface area contributed by atoms with Crippen LogP contribution < -0.4 is 4.74 Å². The number of halogens is 1. The fourth-order valence-electron chi connectivity index (χ4n) is 2.39. The van der Waals surface area contributed by atoms with E-state index in [2.05, 4.69) is 0 Å². The summed E-state index contributed by atoms with van der Waals surface area (Å²) in [4.78, 5) is 12.3. The van der Waals surface area contributed by atoms with Gasteiger partial charge in [0, 0.05) is 15.5 Å². The maximum atomic E-state index is 11.3. The van der Waals surface area contributed by atoms with E-state index in [1.165, 1.54) is 0 Å². The third-order valence-electron chi connectivity index (χ3n) is 3.76. The molecule has 2 rings (SSSR count). The number of unbranched alkanes of at least 4 members (excludes halogenated alkanes) is 3. The Balaban J connectivity index is 1.67. The standard InChI is InChI=1S/C19H25ClO4S/c1-13(2)19(22)23-9-5-3-4-6-10-25-17-12-18(21)24-16-8-7-14(20)11-15(16)17/h7-8,11-13,18,21H,3-6,9-10H2,1-2H3. The highest BCUT2D eigenvalue weighted by Gasteiger charge is 2.19. The summed E-state index contributed by atoms with van der Waals surface area (Å²) in [5.41, 5.74) is 0.934. The van der Waals surface area contributed by atoms with Crippen molar-refractivity contribution in [1.29, 1.82) is 0 Å². The van der Waals surface area contributed by atoms with Crippen molar-refractivity contribution in [3.8, 4) is 5.75 Å². The molecule has 1 unspecified atom stereocenters. The summed E-state index contributed by atoms with van der Waals surface area (Å²) in [5.74, 6) is 1.43. The molecule has 0 spiro atoms. The molecule has 1 aromatic rings. The first-order valence-electron chi connectivity index (χ1n) is 8.63. The van der Waals surface area contributed by atoms with Crippen LogP contribution in [0.1, 0.15) is 45.1 Å². The van der Waals surface area contributed by atoms with Gasteiger partial charge >= 0.3 is 5.97 Å². The molecule has 1 aliphatic heterocycles. The molecule has 1 aromatic carbocycles. The van der Waals surface area contributed by atoms with Crippen LogP contribution in [0.3, 0.4) is 0 Å². The second-order valence-corrected chi connectivity index (χ2v) is 7.84. The van der Waals surface area contributed by atoms with Crippen LogP contribution in [-0.4, -0.2) is 29.7 Å². The maximum absolute atomic E-state index is 11.3. The molecular weight excluding hydrogens is 360 g/mol.